The van der Waals surface area contributed by atoms with Crippen molar-refractivity contribution in [2.24, 2.45) is 0 Å². The van der Waals surface area contributed by atoms with Crippen LogP contribution in [0.4, 0.5) is 5.13 Å². The molecule has 21 heavy (non-hydrogen) atoms. The Balaban J connectivity index is 1.92. The third-order valence-electron chi connectivity index (χ3n) is 2.70. The number of carbonyl (C=O) groups excluding carboxylic acids is 1. The van der Waals surface area contributed by atoms with Gasteiger partial charge in [0.2, 0.25) is 5.13 Å². The van der Waals surface area contributed by atoms with E-state index in [0.29, 0.717) is 36.1 Å². The van der Waals surface area contributed by atoms with E-state index in [2.05, 4.69) is 15.5 Å². The van der Waals surface area contributed by atoms with Crippen LogP contribution in [0.25, 0.3) is 0 Å². The van der Waals surface area contributed by atoms with Crippen molar-refractivity contribution in [1.82, 2.24) is 10.2 Å². The number of methoxy groups -OCH3 is 1. The summed E-state index contributed by atoms with van der Waals surface area (Å²) in [5, 5.41) is 12.0. The molecule has 112 valence electrons. The van der Waals surface area contributed by atoms with E-state index >= 15 is 0 Å². The van der Waals surface area contributed by atoms with Gasteiger partial charge in [0.05, 0.1) is 13.7 Å². The lowest BCUT2D eigenvalue weighted by molar-refractivity contribution is 0.102. The topological polar surface area (TPSA) is 73.3 Å². The van der Waals surface area contributed by atoms with Crippen molar-refractivity contribution in [1.29, 1.82) is 0 Å². The van der Waals surface area contributed by atoms with Crippen molar-refractivity contribution in [2.45, 2.75) is 13.3 Å². The number of amides is 1. The number of benzene rings is 1. The monoisotopic (exact) mass is 307 g/mol. The number of hydrogen-bond acceptors (Lipinski definition) is 6. The molecule has 0 spiro atoms. The second-order valence-electron chi connectivity index (χ2n) is 4.13. The number of hydrogen-bond donors (Lipinski definition) is 1. The number of anilines is 1. The summed E-state index contributed by atoms with van der Waals surface area (Å²) in [6, 6.07) is 6.88. The number of nitrogens with one attached hydrogen (secondary N) is 1. The Morgan fingerprint density at radius 1 is 1.29 bits per heavy atom. The molecule has 7 heteroatoms. The second kappa shape index (κ2) is 7.70. The van der Waals surface area contributed by atoms with Crippen LogP contribution in [-0.2, 0) is 11.2 Å². The highest BCUT2D eigenvalue weighted by molar-refractivity contribution is 7.15. The van der Waals surface area contributed by atoms with E-state index in [0.717, 1.165) is 5.01 Å². The highest BCUT2D eigenvalue weighted by Crippen LogP contribution is 2.18. The normalized spacial score (nSPS) is 10.4. The van der Waals surface area contributed by atoms with Gasteiger partial charge in [0.1, 0.15) is 10.8 Å². The van der Waals surface area contributed by atoms with Gasteiger partial charge in [-0.1, -0.05) is 11.3 Å². The summed E-state index contributed by atoms with van der Waals surface area (Å²) in [4.78, 5) is 12.0. The van der Waals surface area contributed by atoms with E-state index in [1.807, 2.05) is 6.92 Å². The fraction of sp³-hybridized carbons (Fsp3) is 0.357. The zero-order valence-corrected chi connectivity index (χ0v) is 12.8. The van der Waals surface area contributed by atoms with Crippen LogP contribution < -0.4 is 10.1 Å². The minimum atomic E-state index is -0.217. The van der Waals surface area contributed by atoms with Gasteiger partial charge in [0.15, 0.2) is 0 Å². The fourth-order valence-electron chi connectivity index (χ4n) is 1.62. The quantitative estimate of drug-likeness (QED) is 0.795. The molecule has 2 rings (SSSR count). The molecule has 1 aromatic heterocycles. The lowest BCUT2D eigenvalue weighted by atomic mass is 10.2. The number of carbonyl (C=O) groups is 1. The first-order valence-electron chi connectivity index (χ1n) is 6.58. The minimum absolute atomic E-state index is 0.217. The average Bonchev–Trinajstić information content (AvgIpc) is 2.95. The number of nitrogens with zero attached hydrogens (tertiary/aromatic N) is 2. The van der Waals surface area contributed by atoms with Crippen LogP contribution in [0.15, 0.2) is 24.3 Å². The predicted octanol–water partition coefficient (Wildman–Crippen LogP) is 2.38. The van der Waals surface area contributed by atoms with Gasteiger partial charge in [-0.2, -0.15) is 0 Å². The molecule has 0 fully saturated rings. The Morgan fingerprint density at radius 3 is 2.71 bits per heavy atom. The lowest BCUT2D eigenvalue weighted by Gasteiger charge is -2.02. The first-order chi connectivity index (χ1) is 10.2. The maximum Gasteiger partial charge on any atom is 0.257 e. The Bertz CT molecular complexity index is 583. The van der Waals surface area contributed by atoms with Gasteiger partial charge in [-0.15, -0.1) is 10.2 Å². The van der Waals surface area contributed by atoms with Crippen molar-refractivity contribution in [2.75, 3.05) is 25.6 Å². The third-order valence-corrected chi connectivity index (χ3v) is 3.60. The Hall–Kier alpha value is -1.99. The maximum atomic E-state index is 12.0. The molecule has 0 radical (unpaired) electrons. The van der Waals surface area contributed by atoms with Crippen LogP contribution in [0.1, 0.15) is 22.3 Å². The van der Waals surface area contributed by atoms with Crippen molar-refractivity contribution in [3.63, 3.8) is 0 Å². The van der Waals surface area contributed by atoms with Crippen LogP contribution in [0.5, 0.6) is 5.75 Å². The molecule has 0 saturated carbocycles. The number of rotatable bonds is 7. The zero-order chi connectivity index (χ0) is 15.1. The third kappa shape index (κ3) is 4.51. The summed E-state index contributed by atoms with van der Waals surface area (Å²) >= 11 is 1.36. The SMILES string of the molecule is CCOCCc1nnc(NC(=O)c2ccc(OC)cc2)s1. The highest BCUT2D eigenvalue weighted by atomic mass is 32.1. The molecule has 0 atom stereocenters. The predicted molar refractivity (Wildman–Crippen MR) is 81.1 cm³/mol. The lowest BCUT2D eigenvalue weighted by Crippen LogP contribution is -2.11. The summed E-state index contributed by atoms with van der Waals surface area (Å²) < 4.78 is 10.3. The van der Waals surface area contributed by atoms with Crippen LogP contribution >= 0.6 is 11.3 Å². The largest absolute Gasteiger partial charge is 0.497 e. The molecule has 0 aliphatic rings. The zero-order valence-electron chi connectivity index (χ0n) is 12.0. The van der Waals surface area contributed by atoms with Crippen LogP contribution in [0.3, 0.4) is 0 Å². The molecule has 0 bridgehead atoms. The standard InChI is InChI=1S/C14H17N3O3S/c1-3-20-9-8-12-16-17-14(21-12)15-13(18)10-4-6-11(19-2)7-5-10/h4-7H,3,8-9H2,1-2H3,(H,15,17,18). The van der Waals surface area contributed by atoms with E-state index in [1.54, 1.807) is 31.4 Å². The minimum Gasteiger partial charge on any atom is -0.497 e. The first kappa shape index (κ1) is 15.4. The van der Waals surface area contributed by atoms with E-state index in [9.17, 15) is 4.79 Å². The molecule has 1 amide bonds. The van der Waals surface area contributed by atoms with Gasteiger partial charge in [0, 0.05) is 18.6 Å². The van der Waals surface area contributed by atoms with Gasteiger partial charge in [0.25, 0.3) is 5.91 Å². The molecule has 2 aromatic rings. The maximum absolute atomic E-state index is 12.0. The Kier molecular flexibility index (Phi) is 5.65. The van der Waals surface area contributed by atoms with Gasteiger partial charge in [-0.05, 0) is 31.2 Å². The summed E-state index contributed by atoms with van der Waals surface area (Å²) in [6.07, 6.45) is 0.698. The molecule has 1 aromatic carbocycles. The molecule has 0 aliphatic heterocycles. The molecule has 0 unspecified atom stereocenters. The smallest absolute Gasteiger partial charge is 0.257 e. The molecular weight excluding hydrogens is 290 g/mol. The van der Waals surface area contributed by atoms with Crippen molar-refractivity contribution in [3.8, 4) is 5.75 Å². The van der Waals surface area contributed by atoms with E-state index < -0.39 is 0 Å². The summed E-state index contributed by atoms with van der Waals surface area (Å²) in [5.74, 6) is 0.492. The molecular formula is C14H17N3O3S. The van der Waals surface area contributed by atoms with Crippen LogP contribution in [0.2, 0.25) is 0 Å². The summed E-state index contributed by atoms with van der Waals surface area (Å²) in [5.41, 5.74) is 0.543. The molecule has 1 heterocycles. The number of aromatic nitrogens is 2. The van der Waals surface area contributed by atoms with E-state index in [-0.39, 0.29) is 5.91 Å². The van der Waals surface area contributed by atoms with E-state index in [1.165, 1.54) is 11.3 Å². The van der Waals surface area contributed by atoms with Gasteiger partial charge >= 0.3 is 0 Å². The van der Waals surface area contributed by atoms with Gasteiger partial charge < -0.3 is 9.47 Å². The van der Waals surface area contributed by atoms with Crippen molar-refractivity contribution < 1.29 is 14.3 Å². The van der Waals surface area contributed by atoms with Crippen LogP contribution in [0, 0.1) is 0 Å². The van der Waals surface area contributed by atoms with Gasteiger partial charge in [-0.25, -0.2) is 0 Å². The highest BCUT2D eigenvalue weighted by Gasteiger charge is 2.10. The van der Waals surface area contributed by atoms with E-state index in [4.69, 9.17) is 9.47 Å². The molecule has 1 N–H and O–H groups in total. The van der Waals surface area contributed by atoms with Crippen molar-refractivity contribution >= 4 is 22.4 Å². The first-order valence-corrected chi connectivity index (χ1v) is 7.40. The molecule has 0 aliphatic carbocycles. The second-order valence-corrected chi connectivity index (χ2v) is 5.19. The molecule has 0 saturated heterocycles. The summed E-state index contributed by atoms with van der Waals surface area (Å²) in [7, 11) is 1.58. The van der Waals surface area contributed by atoms with Crippen LogP contribution in [-0.4, -0.2) is 36.4 Å². The Morgan fingerprint density at radius 2 is 2.05 bits per heavy atom. The Labute approximate surface area is 127 Å². The average molecular weight is 307 g/mol. The van der Waals surface area contributed by atoms with Crippen molar-refractivity contribution in [3.05, 3.63) is 34.8 Å². The fourth-order valence-corrected chi connectivity index (χ4v) is 2.34. The molecule has 6 nitrogen and oxygen atoms in total. The summed E-state index contributed by atoms with van der Waals surface area (Å²) in [6.45, 7) is 3.23. The number of ether oxygens (including phenoxy) is 2. The van der Waals surface area contributed by atoms with Gasteiger partial charge in [-0.3, -0.25) is 10.1 Å².